The van der Waals surface area contributed by atoms with E-state index >= 15 is 0 Å². The van der Waals surface area contributed by atoms with Gasteiger partial charge in [0.2, 0.25) is 0 Å². The summed E-state index contributed by atoms with van der Waals surface area (Å²) in [7, 11) is 1.87. The molecular formula is C21H22Cl2N6O. The first-order valence-electron chi connectivity index (χ1n) is 9.33. The number of hydrogen-bond donors (Lipinski definition) is 1. The Kier molecular flexibility index (Phi) is 6.26. The highest BCUT2D eigenvalue weighted by molar-refractivity contribution is 5.85. The molecule has 0 amide bonds. The number of halogens is 2. The van der Waals surface area contributed by atoms with Crippen molar-refractivity contribution in [1.29, 1.82) is 0 Å². The van der Waals surface area contributed by atoms with Gasteiger partial charge >= 0.3 is 0 Å². The number of nitrogens with one attached hydrogen (secondary N) is 1. The molecule has 0 radical (unpaired) electrons. The zero-order valence-corrected chi connectivity index (χ0v) is 18.3. The Bertz CT molecular complexity index is 1320. The van der Waals surface area contributed by atoms with E-state index in [2.05, 4.69) is 26.5 Å². The van der Waals surface area contributed by atoms with Gasteiger partial charge in [0, 0.05) is 25.9 Å². The highest BCUT2D eigenvalue weighted by Gasteiger charge is 2.12. The van der Waals surface area contributed by atoms with Gasteiger partial charge in [-0.05, 0) is 54.8 Å². The van der Waals surface area contributed by atoms with Crippen molar-refractivity contribution in [2.24, 2.45) is 7.05 Å². The molecule has 156 valence electrons. The van der Waals surface area contributed by atoms with Crippen molar-refractivity contribution in [3.63, 3.8) is 0 Å². The number of aryl methyl sites for hydroxylation is 2. The number of pyridine rings is 2. The van der Waals surface area contributed by atoms with E-state index in [9.17, 15) is 4.79 Å². The van der Waals surface area contributed by atoms with Crippen LogP contribution in [0.25, 0.3) is 33.6 Å². The van der Waals surface area contributed by atoms with Gasteiger partial charge in [-0.3, -0.25) is 13.9 Å². The molecular weight excluding hydrogens is 423 g/mol. The van der Waals surface area contributed by atoms with Gasteiger partial charge in [-0.1, -0.05) is 6.08 Å². The lowest BCUT2D eigenvalue weighted by Gasteiger charge is -2.15. The molecule has 0 aliphatic carbocycles. The van der Waals surface area contributed by atoms with Crippen molar-refractivity contribution >= 4 is 47.1 Å². The zero-order valence-electron chi connectivity index (χ0n) is 16.6. The number of hydrogen-bond acceptors (Lipinski definition) is 5. The quantitative estimate of drug-likeness (QED) is 0.513. The van der Waals surface area contributed by atoms with E-state index in [0.29, 0.717) is 17.0 Å². The standard InChI is InChI=1S/C21H20N6O.2ClH/c1-13-9-16(23-18-12-26(2)25-21(13)18)17-10-20(28)27-11-15(3-4-19(27)24-17)14-5-7-22-8-6-14;;/h3-5,9-12,22H,6-8H2,1-2H3;2*1H. The van der Waals surface area contributed by atoms with Crippen LogP contribution >= 0.6 is 24.8 Å². The van der Waals surface area contributed by atoms with E-state index in [-0.39, 0.29) is 30.4 Å². The molecule has 0 aromatic carbocycles. The van der Waals surface area contributed by atoms with Crippen LogP contribution in [0, 0.1) is 6.92 Å². The maximum Gasteiger partial charge on any atom is 0.258 e. The average molecular weight is 445 g/mol. The van der Waals surface area contributed by atoms with E-state index in [1.165, 1.54) is 5.57 Å². The monoisotopic (exact) mass is 444 g/mol. The number of nitrogens with zero attached hydrogens (tertiary/aromatic N) is 5. The Labute approximate surface area is 185 Å². The van der Waals surface area contributed by atoms with Gasteiger partial charge in [0.05, 0.1) is 17.6 Å². The minimum absolute atomic E-state index is 0. The van der Waals surface area contributed by atoms with Crippen molar-refractivity contribution in [2.75, 3.05) is 13.1 Å². The van der Waals surface area contributed by atoms with Crippen LogP contribution in [0.4, 0.5) is 0 Å². The topological polar surface area (TPSA) is 77.1 Å². The maximum absolute atomic E-state index is 12.8. The zero-order chi connectivity index (χ0) is 19.3. The summed E-state index contributed by atoms with van der Waals surface area (Å²) in [5.41, 5.74) is 6.77. The first-order valence-corrected chi connectivity index (χ1v) is 9.33. The second-order valence-corrected chi connectivity index (χ2v) is 7.17. The summed E-state index contributed by atoms with van der Waals surface area (Å²) in [5.74, 6) is 0. The van der Waals surface area contributed by atoms with Gasteiger partial charge in [0.15, 0.2) is 0 Å². The van der Waals surface area contributed by atoms with Crippen LogP contribution in [0.2, 0.25) is 0 Å². The van der Waals surface area contributed by atoms with E-state index < -0.39 is 0 Å². The summed E-state index contributed by atoms with van der Waals surface area (Å²) in [6.07, 6.45) is 6.89. The molecule has 9 heteroatoms. The van der Waals surface area contributed by atoms with Crippen LogP contribution < -0.4 is 10.9 Å². The van der Waals surface area contributed by atoms with Crippen LogP contribution in [0.15, 0.2) is 47.5 Å². The Balaban J connectivity index is 0.00000128. The fourth-order valence-corrected chi connectivity index (χ4v) is 3.71. The number of rotatable bonds is 2. The maximum atomic E-state index is 12.8. The van der Waals surface area contributed by atoms with Crippen molar-refractivity contribution in [3.8, 4) is 11.4 Å². The van der Waals surface area contributed by atoms with Crippen molar-refractivity contribution in [2.45, 2.75) is 13.3 Å². The lowest BCUT2D eigenvalue weighted by Crippen LogP contribution is -2.20. The molecule has 1 N–H and O–H groups in total. The summed E-state index contributed by atoms with van der Waals surface area (Å²) in [6, 6.07) is 7.42. The molecule has 0 fully saturated rings. The average Bonchev–Trinajstić information content (AvgIpc) is 3.09. The van der Waals surface area contributed by atoms with Crippen LogP contribution in [-0.4, -0.2) is 37.2 Å². The van der Waals surface area contributed by atoms with Gasteiger partial charge in [-0.2, -0.15) is 5.10 Å². The lowest BCUT2D eigenvalue weighted by atomic mass is 10.0. The Morgan fingerprint density at radius 2 is 1.87 bits per heavy atom. The van der Waals surface area contributed by atoms with Gasteiger partial charge in [-0.25, -0.2) is 9.97 Å². The first-order chi connectivity index (χ1) is 13.6. The molecule has 0 spiro atoms. The number of fused-ring (bicyclic) bond motifs is 2. The molecule has 0 bridgehead atoms. The lowest BCUT2D eigenvalue weighted by molar-refractivity contribution is 0.738. The third-order valence-electron chi connectivity index (χ3n) is 5.13. The predicted octanol–water partition coefficient (Wildman–Crippen LogP) is 3.17. The van der Waals surface area contributed by atoms with Crippen LogP contribution in [0.3, 0.4) is 0 Å². The van der Waals surface area contributed by atoms with Crippen molar-refractivity contribution in [3.05, 3.63) is 64.2 Å². The van der Waals surface area contributed by atoms with E-state index in [4.69, 9.17) is 0 Å². The largest absolute Gasteiger partial charge is 0.313 e. The Morgan fingerprint density at radius 1 is 1.07 bits per heavy atom. The van der Waals surface area contributed by atoms with Gasteiger partial charge in [0.25, 0.3) is 5.56 Å². The van der Waals surface area contributed by atoms with E-state index in [1.54, 1.807) is 15.1 Å². The third kappa shape index (κ3) is 3.84. The summed E-state index contributed by atoms with van der Waals surface area (Å²) in [5, 5.41) is 7.73. The highest BCUT2D eigenvalue weighted by atomic mass is 35.5. The van der Waals surface area contributed by atoms with E-state index in [1.807, 2.05) is 44.6 Å². The minimum Gasteiger partial charge on any atom is -0.313 e. The predicted molar refractivity (Wildman–Crippen MR) is 124 cm³/mol. The molecule has 1 aliphatic heterocycles. The molecule has 0 saturated carbocycles. The van der Waals surface area contributed by atoms with Crippen LogP contribution in [-0.2, 0) is 7.05 Å². The second kappa shape index (κ2) is 8.55. The molecule has 4 aromatic heterocycles. The van der Waals surface area contributed by atoms with Crippen LogP contribution in [0.1, 0.15) is 17.5 Å². The molecule has 1 aliphatic rings. The normalized spacial score (nSPS) is 13.6. The molecule has 0 unspecified atom stereocenters. The highest BCUT2D eigenvalue weighted by Crippen LogP contribution is 2.23. The van der Waals surface area contributed by atoms with E-state index in [0.717, 1.165) is 41.7 Å². The molecule has 5 heterocycles. The summed E-state index contributed by atoms with van der Waals surface area (Å²) < 4.78 is 3.35. The molecule has 0 atom stereocenters. The summed E-state index contributed by atoms with van der Waals surface area (Å²) >= 11 is 0. The second-order valence-electron chi connectivity index (χ2n) is 7.17. The van der Waals surface area contributed by atoms with Gasteiger partial charge in [0.1, 0.15) is 16.7 Å². The number of aromatic nitrogens is 5. The summed E-state index contributed by atoms with van der Waals surface area (Å²) in [6.45, 7) is 3.81. The van der Waals surface area contributed by atoms with Gasteiger partial charge in [-0.15, -0.1) is 24.8 Å². The third-order valence-corrected chi connectivity index (χ3v) is 5.13. The Morgan fingerprint density at radius 3 is 2.63 bits per heavy atom. The van der Waals surface area contributed by atoms with Crippen molar-refractivity contribution in [1.82, 2.24) is 29.5 Å². The fraction of sp³-hybridized carbons (Fsp3) is 0.238. The van der Waals surface area contributed by atoms with Crippen molar-refractivity contribution < 1.29 is 0 Å². The summed E-state index contributed by atoms with van der Waals surface area (Å²) in [4.78, 5) is 22.2. The first kappa shape index (κ1) is 22.0. The minimum atomic E-state index is -0.109. The van der Waals surface area contributed by atoms with Crippen LogP contribution in [0.5, 0.6) is 0 Å². The van der Waals surface area contributed by atoms with Gasteiger partial charge < -0.3 is 5.32 Å². The SMILES string of the molecule is Cc1cc(-c2cc(=O)n3cc(C4=CCNCC4)ccc3n2)nc2cn(C)nc12.Cl.Cl. The molecule has 5 rings (SSSR count). The smallest absolute Gasteiger partial charge is 0.258 e. The molecule has 4 aromatic rings. The fourth-order valence-electron chi connectivity index (χ4n) is 3.71. The molecule has 7 nitrogen and oxygen atoms in total. The molecule has 0 saturated heterocycles. The Hall–Kier alpha value is -2.74. The molecule has 30 heavy (non-hydrogen) atoms.